The Kier molecular flexibility index (Phi) is 10.4. The molecule has 0 radical (unpaired) electrons. The first-order valence-corrected chi connectivity index (χ1v) is 10.5. The molecule has 0 aliphatic carbocycles. The molecule has 30 heavy (non-hydrogen) atoms. The van der Waals surface area contributed by atoms with Gasteiger partial charge in [0, 0.05) is 38.9 Å². The van der Waals surface area contributed by atoms with E-state index in [1.54, 1.807) is 0 Å². The lowest BCUT2D eigenvalue weighted by Gasteiger charge is -2.34. The van der Waals surface area contributed by atoms with Gasteiger partial charge in [0.2, 0.25) is 0 Å². The Balaban J connectivity index is 0.00000320. The van der Waals surface area contributed by atoms with Gasteiger partial charge in [-0.1, -0.05) is 25.5 Å². The molecule has 1 unspecified atom stereocenters. The van der Waals surface area contributed by atoms with Gasteiger partial charge in [-0.25, -0.2) is 0 Å². The number of nitrogens with zero attached hydrogens (tertiary/aromatic N) is 4. The van der Waals surface area contributed by atoms with E-state index >= 15 is 0 Å². The van der Waals surface area contributed by atoms with Crippen LogP contribution in [0.2, 0.25) is 0 Å². The summed E-state index contributed by atoms with van der Waals surface area (Å²) in [4.78, 5) is 6.72. The van der Waals surface area contributed by atoms with Gasteiger partial charge in [0.25, 0.3) is 0 Å². The maximum atomic E-state index is 5.93. The van der Waals surface area contributed by atoms with Gasteiger partial charge in [0.1, 0.15) is 11.9 Å². The van der Waals surface area contributed by atoms with Gasteiger partial charge in [-0.3, -0.25) is 9.67 Å². The van der Waals surface area contributed by atoms with Gasteiger partial charge in [0.15, 0.2) is 5.96 Å². The van der Waals surface area contributed by atoms with E-state index in [0.717, 1.165) is 62.8 Å². The third-order valence-electron chi connectivity index (χ3n) is 5.06. The van der Waals surface area contributed by atoms with Crippen molar-refractivity contribution in [3.8, 4) is 5.75 Å². The lowest BCUT2D eigenvalue weighted by atomic mass is 10.1. The fraction of sp³-hybridized carbons (Fsp3) is 0.545. The summed E-state index contributed by atoms with van der Waals surface area (Å²) in [5.74, 6) is 1.86. The number of rotatable bonds is 8. The Hall–Kier alpha value is -1.81. The average Bonchev–Trinajstić information content (AvgIpc) is 3.19. The van der Waals surface area contributed by atoms with Gasteiger partial charge in [-0.05, 0) is 30.5 Å². The zero-order valence-corrected chi connectivity index (χ0v) is 20.5. The SMILES string of the molecule is CCCCOc1ccc(CCNC(=NC)N2CCOC(c3cnn(C)c3)C2)cc1.I. The molecule has 0 saturated carbocycles. The minimum Gasteiger partial charge on any atom is -0.494 e. The molecule has 3 rings (SSSR count). The van der Waals surface area contributed by atoms with E-state index in [-0.39, 0.29) is 30.1 Å². The van der Waals surface area contributed by atoms with Gasteiger partial charge >= 0.3 is 0 Å². The number of aliphatic imine (C=N–C) groups is 1. The summed E-state index contributed by atoms with van der Waals surface area (Å²) in [5.41, 5.74) is 2.39. The fourth-order valence-electron chi connectivity index (χ4n) is 3.39. The first-order chi connectivity index (χ1) is 14.2. The number of ether oxygens (including phenoxy) is 2. The maximum absolute atomic E-state index is 5.93. The van der Waals surface area contributed by atoms with Crippen LogP contribution in [0.25, 0.3) is 0 Å². The number of hydrogen-bond acceptors (Lipinski definition) is 4. The van der Waals surface area contributed by atoms with Crippen LogP contribution in [-0.4, -0.2) is 60.5 Å². The Morgan fingerprint density at radius 3 is 2.80 bits per heavy atom. The van der Waals surface area contributed by atoms with Crippen molar-refractivity contribution in [2.24, 2.45) is 12.0 Å². The Morgan fingerprint density at radius 1 is 1.33 bits per heavy atom. The van der Waals surface area contributed by atoms with Gasteiger partial charge in [-0.2, -0.15) is 5.10 Å². The molecule has 1 fully saturated rings. The first-order valence-electron chi connectivity index (χ1n) is 10.5. The van der Waals surface area contributed by atoms with E-state index in [0.29, 0.717) is 6.61 Å². The molecule has 2 heterocycles. The van der Waals surface area contributed by atoms with E-state index in [1.807, 2.05) is 31.2 Å². The molecule has 1 aromatic heterocycles. The van der Waals surface area contributed by atoms with E-state index in [9.17, 15) is 0 Å². The van der Waals surface area contributed by atoms with Crippen molar-refractivity contribution in [2.45, 2.75) is 32.3 Å². The quantitative estimate of drug-likeness (QED) is 0.247. The minimum absolute atomic E-state index is 0. The number of morpholine rings is 1. The van der Waals surface area contributed by atoms with Crippen molar-refractivity contribution < 1.29 is 9.47 Å². The molecular formula is C22H34IN5O2. The molecule has 1 aliphatic heterocycles. The molecule has 7 nitrogen and oxygen atoms in total. The number of unbranched alkanes of at least 4 members (excludes halogenated alkanes) is 1. The molecule has 1 aliphatic rings. The number of nitrogens with one attached hydrogen (secondary N) is 1. The third kappa shape index (κ3) is 7.16. The molecule has 1 aromatic carbocycles. The Bertz CT molecular complexity index is 778. The number of guanidine groups is 1. The highest BCUT2D eigenvalue weighted by molar-refractivity contribution is 14.0. The second-order valence-electron chi connectivity index (χ2n) is 7.32. The van der Waals surface area contributed by atoms with Crippen molar-refractivity contribution in [1.82, 2.24) is 20.0 Å². The molecule has 166 valence electrons. The monoisotopic (exact) mass is 527 g/mol. The summed E-state index contributed by atoms with van der Waals surface area (Å²) in [5, 5.41) is 7.74. The number of hydrogen-bond donors (Lipinski definition) is 1. The van der Waals surface area contributed by atoms with Crippen LogP contribution in [0.5, 0.6) is 5.75 Å². The number of aryl methyl sites for hydroxylation is 1. The van der Waals surface area contributed by atoms with Crippen LogP contribution in [0.1, 0.15) is 37.0 Å². The second kappa shape index (κ2) is 12.8. The van der Waals surface area contributed by atoms with Crippen molar-refractivity contribution in [3.63, 3.8) is 0 Å². The third-order valence-corrected chi connectivity index (χ3v) is 5.06. The van der Waals surface area contributed by atoms with Crippen LogP contribution < -0.4 is 10.1 Å². The predicted octanol–water partition coefficient (Wildman–Crippen LogP) is 3.41. The molecular weight excluding hydrogens is 493 g/mol. The summed E-state index contributed by atoms with van der Waals surface area (Å²) in [6, 6.07) is 8.39. The molecule has 8 heteroatoms. The molecule has 1 saturated heterocycles. The van der Waals surface area contributed by atoms with Crippen LogP contribution >= 0.6 is 24.0 Å². The summed E-state index contributed by atoms with van der Waals surface area (Å²) in [7, 11) is 3.76. The van der Waals surface area contributed by atoms with Crippen molar-refractivity contribution >= 4 is 29.9 Å². The number of benzene rings is 1. The standard InChI is InChI=1S/C22H33N5O2.HI/c1-4-5-13-28-20-8-6-18(7-9-20)10-11-24-22(23-2)27-12-14-29-21(17-27)19-15-25-26(3)16-19;/h6-9,15-16,21H,4-5,10-14,17H2,1-3H3,(H,23,24);1H. The zero-order valence-electron chi connectivity index (χ0n) is 18.2. The van der Waals surface area contributed by atoms with Crippen LogP contribution in [0.15, 0.2) is 41.7 Å². The smallest absolute Gasteiger partial charge is 0.193 e. The van der Waals surface area contributed by atoms with Crippen LogP contribution in [0.4, 0.5) is 0 Å². The van der Waals surface area contributed by atoms with Gasteiger partial charge in [0.05, 0.1) is 26.0 Å². The second-order valence-corrected chi connectivity index (χ2v) is 7.32. The zero-order chi connectivity index (χ0) is 20.5. The first kappa shape index (κ1) is 24.5. The molecule has 0 amide bonds. The summed E-state index contributed by atoms with van der Waals surface area (Å²) in [6.45, 7) is 6.07. The lowest BCUT2D eigenvalue weighted by Crippen LogP contribution is -2.48. The topological polar surface area (TPSA) is 63.9 Å². The summed E-state index contributed by atoms with van der Waals surface area (Å²) in [6.07, 6.45) is 7.09. The lowest BCUT2D eigenvalue weighted by molar-refractivity contribution is -0.00800. The number of aromatic nitrogens is 2. The van der Waals surface area contributed by atoms with E-state index in [4.69, 9.17) is 9.47 Å². The van der Waals surface area contributed by atoms with E-state index < -0.39 is 0 Å². The normalized spacial score (nSPS) is 16.8. The maximum Gasteiger partial charge on any atom is 0.193 e. The van der Waals surface area contributed by atoms with Crippen molar-refractivity contribution in [1.29, 1.82) is 0 Å². The molecule has 0 bridgehead atoms. The summed E-state index contributed by atoms with van der Waals surface area (Å²) >= 11 is 0. The molecule has 2 aromatic rings. The van der Waals surface area contributed by atoms with E-state index in [1.165, 1.54) is 5.56 Å². The fourth-order valence-corrected chi connectivity index (χ4v) is 3.39. The van der Waals surface area contributed by atoms with Crippen LogP contribution in [-0.2, 0) is 18.2 Å². The largest absolute Gasteiger partial charge is 0.494 e. The molecule has 1 atom stereocenters. The Morgan fingerprint density at radius 2 is 2.13 bits per heavy atom. The van der Waals surface area contributed by atoms with Crippen LogP contribution in [0.3, 0.4) is 0 Å². The average molecular weight is 527 g/mol. The Labute approximate surface area is 196 Å². The van der Waals surface area contributed by atoms with Crippen molar-refractivity contribution in [2.75, 3.05) is 39.9 Å². The summed E-state index contributed by atoms with van der Waals surface area (Å²) < 4.78 is 13.5. The minimum atomic E-state index is 0. The number of halogens is 1. The predicted molar refractivity (Wildman–Crippen MR) is 131 cm³/mol. The van der Waals surface area contributed by atoms with Gasteiger partial charge in [-0.15, -0.1) is 24.0 Å². The highest BCUT2D eigenvalue weighted by atomic mass is 127. The van der Waals surface area contributed by atoms with Gasteiger partial charge < -0.3 is 19.7 Å². The van der Waals surface area contributed by atoms with E-state index in [2.05, 4.69) is 51.5 Å². The van der Waals surface area contributed by atoms with Crippen LogP contribution in [0, 0.1) is 0 Å². The highest BCUT2D eigenvalue weighted by Gasteiger charge is 2.25. The van der Waals surface area contributed by atoms with Crippen molar-refractivity contribution in [3.05, 3.63) is 47.8 Å². The molecule has 1 N–H and O–H groups in total. The molecule has 0 spiro atoms. The highest BCUT2D eigenvalue weighted by Crippen LogP contribution is 2.21.